The highest BCUT2D eigenvalue weighted by atomic mass is 32.1. The molecule has 1 aromatic carbocycles. The molecule has 0 saturated heterocycles. The van der Waals surface area contributed by atoms with E-state index < -0.39 is 0 Å². The first-order valence-corrected chi connectivity index (χ1v) is 6.95. The number of benzene rings is 1. The van der Waals surface area contributed by atoms with Gasteiger partial charge in [-0.1, -0.05) is 11.3 Å². The number of hydrogen-bond acceptors (Lipinski definition) is 7. The molecule has 1 amide bonds. The zero-order valence-corrected chi connectivity index (χ0v) is 11.5. The molecule has 9 heteroatoms. The van der Waals surface area contributed by atoms with Crippen LogP contribution >= 0.6 is 11.3 Å². The van der Waals surface area contributed by atoms with Crippen molar-refractivity contribution < 1.29 is 14.3 Å². The van der Waals surface area contributed by atoms with E-state index in [-0.39, 0.29) is 12.7 Å². The molecular formula is C12H9N5O3S. The Morgan fingerprint density at radius 2 is 2.29 bits per heavy atom. The second kappa shape index (κ2) is 4.70. The van der Waals surface area contributed by atoms with Gasteiger partial charge in [-0.15, -0.1) is 10.2 Å². The quantitative estimate of drug-likeness (QED) is 0.771. The van der Waals surface area contributed by atoms with Crippen LogP contribution in [0.1, 0.15) is 15.4 Å². The molecule has 21 heavy (non-hydrogen) atoms. The number of ether oxygens (including phenoxy) is 2. The molecule has 0 bridgehead atoms. The van der Waals surface area contributed by atoms with Crippen molar-refractivity contribution in [3.05, 3.63) is 35.1 Å². The summed E-state index contributed by atoms with van der Waals surface area (Å²) in [6.07, 6.45) is 1.52. The molecule has 3 heterocycles. The fourth-order valence-electron chi connectivity index (χ4n) is 1.97. The van der Waals surface area contributed by atoms with Crippen LogP contribution in [0.2, 0.25) is 0 Å². The lowest BCUT2D eigenvalue weighted by molar-refractivity contribution is 0.0950. The summed E-state index contributed by atoms with van der Waals surface area (Å²) < 4.78 is 12.0. The van der Waals surface area contributed by atoms with Crippen molar-refractivity contribution in [3.8, 4) is 11.5 Å². The molecule has 1 aliphatic rings. The maximum absolute atomic E-state index is 12.1. The van der Waals surface area contributed by atoms with E-state index in [1.54, 1.807) is 22.7 Å². The van der Waals surface area contributed by atoms with Gasteiger partial charge < -0.3 is 14.8 Å². The van der Waals surface area contributed by atoms with E-state index in [9.17, 15) is 4.79 Å². The smallest absolute Gasteiger partial charge is 0.251 e. The summed E-state index contributed by atoms with van der Waals surface area (Å²) in [7, 11) is 0. The monoisotopic (exact) mass is 303 g/mol. The normalized spacial score (nSPS) is 12.8. The van der Waals surface area contributed by atoms with Crippen LogP contribution in [0.25, 0.3) is 4.96 Å². The predicted molar refractivity (Wildman–Crippen MR) is 72.4 cm³/mol. The fraction of sp³-hybridized carbons (Fsp3) is 0.167. The van der Waals surface area contributed by atoms with Crippen LogP contribution < -0.4 is 14.8 Å². The van der Waals surface area contributed by atoms with E-state index in [4.69, 9.17) is 9.47 Å². The van der Waals surface area contributed by atoms with E-state index in [0.717, 1.165) is 5.01 Å². The number of carbonyl (C=O) groups excluding carboxylic acids is 1. The Hall–Kier alpha value is -2.68. The highest BCUT2D eigenvalue weighted by Crippen LogP contribution is 2.32. The van der Waals surface area contributed by atoms with Crippen LogP contribution in [0.4, 0.5) is 0 Å². The standard InChI is InChI=1S/C12H9N5O3S/c18-11(7-1-2-8-9(3-7)20-6-19-8)13-4-10-16-17-5-14-15-12(17)21-10/h1-3,5H,4,6H2,(H,13,18). The van der Waals surface area contributed by atoms with Gasteiger partial charge >= 0.3 is 0 Å². The summed E-state index contributed by atoms with van der Waals surface area (Å²) >= 11 is 1.38. The van der Waals surface area contributed by atoms with Gasteiger partial charge in [0.15, 0.2) is 11.5 Å². The highest BCUT2D eigenvalue weighted by Gasteiger charge is 2.16. The molecule has 2 aromatic heterocycles. The van der Waals surface area contributed by atoms with E-state index in [1.807, 2.05) is 0 Å². The Kier molecular flexibility index (Phi) is 2.71. The van der Waals surface area contributed by atoms with Crippen LogP contribution in [-0.4, -0.2) is 32.5 Å². The van der Waals surface area contributed by atoms with Crippen molar-refractivity contribution in [2.24, 2.45) is 0 Å². The molecule has 106 valence electrons. The Morgan fingerprint density at radius 3 is 3.19 bits per heavy atom. The third kappa shape index (κ3) is 2.17. The average Bonchev–Trinajstić information content (AvgIpc) is 3.18. The molecule has 1 aliphatic heterocycles. The number of rotatable bonds is 3. The van der Waals surface area contributed by atoms with E-state index in [1.165, 1.54) is 17.7 Å². The lowest BCUT2D eigenvalue weighted by Gasteiger charge is -2.04. The predicted octanol–water partition coefficient (Wildman–Crippen LogP) is 0.844. The van der Waals surface area contributed by atoms with Crippen molar-refractivity contribution in [1.29, 1.82) is 0 Å². The summed E-state index contributed by atoms with van der Waals surface area (Å²) in [4.78, 5) is 12.8. The van der Waals surface area contributed by atoms with Crippen molar-refractivity contribution in [2.75, 3.05) is 6.79 Å². The zero-order chi connectivity index (χ0) is 14.2. The molecular weight excluding hydrogens is 294 g/mol. The molecule has 0 radical (unpaired) electrons. The van der Waals surface area contributed by atoms with Crippen molar-refractivity contribution in [1.82, 2.24) is 25.1 Å². The van der Waals surface area contributed by atoms with E-state index in [0.29, 0.717) is 28.6 Å². The lowest BCUT2D eigenvalue weighted by atomic mass is 10.2. The van der Waals surface area contributed by atoms with Crippen LogP contribution in [0.3, 0.4) is 0 Å². The Morgan fingerprint density at radius 1 is 1.38 bits per heavy atom. The summed E-state index contributed by atoms with van der Waals surface area (Å²) in [5.41, 5.74) is 0.516. The molecule has 0 aliphatic carbocycles. The lowest BCUT2D eigenvalue weighted by Crippen LogP contribution is -2.22. The Balaban J connectivity index is 1.47. The minimum absolute atomic E-state index is 0.188. The van der Waals surface area contributed by atoms with Crippen molar-refractivity contribution >= 4 is 22.2 Å². The molecule has 0 saturated carbocycles. The fourth-order valence-corrected chi connectivity index (χ4v) is 2.72. The van der Waals surface area contributed by atoms with Gasteiger partial charge in [0, 0.05) is 5.56 Å². The summed E-state index contributed by atoms with van der Waals surface area (Å²) in [5, 5.41) is 15.4. The van der Waals surface area contributed by atoms with Gasteiger partial charge in [-0.25, -0.2) is 0 Å². The van der Waals surface area contributed by atoms with Gasteiger partial charge in [-0.3, -0.25) is 4.79 Å². The minimum atomic E-state index is -0.195. The maximum atomic E-state index is 12.1. The van der Waals surface area contributed by atoms with Crippen molar-refractivity contribution in [2.45, 2.75) is 6.54 Å². The SMILES string of the molecule is O=C(NCc1nn2cnnc2s1)c1ccc2c(c1)OCO2. The number of amides is 1. The van der Waals surface area contributed by atoms with Crippen LogP contribution in [0, 0.1) is 0 Å². The number of nitrogens with one attached hydrogen (secondary N) is 1. The van der Waals surface area contributed by atoms with Gasteiger partial charge in [0.25, 0.3) is 5.91 Å². The molecule has 4 rings (SSSR count). The molecule has 0 spiro atoms. The van der Waals surface area contributed by atoms with Gasteiger partial charge in [-0.2, -0.15) is 9.61 Å². The zero-order valence-electron chi connectivity index (χ0n) is 10.6. The summed E-state index contributed by atoms with van der Waals surface area (Å²) in [5.74, 6) is 1.04. The first kappa shape index (κ1) is 12.1. The van der Waals surface area contributed by atoms with Gasteiger partial charge in [0.1, 0.15) is 11.3 Å². The van der Waals surface area contributed by atoms with Crippen LogP contribution in [0.15, 0.2) is 24.5 Å². The Labute approximate surface area is 122 Å². The third-order valence-corrected chi connectivity index (χ3v) is 3.88. The molecule has 0 unspecified atom stereocenters. The van der Waals surface area contributed by atoms with Gasteiger partial charge in [-0.05, 0) is 18.2 Å². The molecule has 0 atom stereocenters. The molecule has 0 fully saturated rings. The summed E-state index contributed by atoms with van der Waals surface area (Å²) in [6.45, 7) is 0.522. The third-order valence-electron chi connectivity index (χ3n) is 2.96. The number of hydrogen-bond donors (Lipinski definition) is 1. The number of nitrogens with zero attached hydrogens (tertiary/aromatic N) is 4. The highest BCUT2D eigenvalue weighted by molar-refractivity contribution is 7.16. The maximum Gasteiger partial charge on any atom is 0.251 e. The Bertz CT molecular complexity index is 799. The van der Waals surface area contributed by atoms with Crippen molar-refractivity contribution in [3.63, 3.8) is 0 Å². The van der Waals surface area contributed by atoms with Crippen LogP contribution in [-0.2, 0) is 6.54 Å². The molecule has 1 N–H and O–H groups in total. The second-order valence-electron chi connectivity index (χ2n) is 4.30. The molecule has 3 aromatic rings. The summed E-state index contributed by atoms with van der Waals surface area (Å²) in [6, 6.07) is 5.08. The largest absolute Gasteiger partial charge is 0.454 e. The minimum Gasteiger partial charge on any atom is -0.454 e. The number of carbonyl (C=O) groups is 1. The topological polar surface area (TPSA) is 90.6 Å². The van der Waals surface area contributed by atoms with E-state index in [2.05, 4.69) is 20.6 Å². The van der Waals surface area contributed by atoms with Gasteiger partial charge in [0.2, 0.25) is 11.8 Å². The average molecular weight is 303 g/mol. The molecule has 8 nitrogen and oxygen atoms in total. The number of fused-ring (bicyclic) bond motifs is 2. The first-order valence-electron chi connectivity index (χ1n) is 6.13. The number of aromatic nitrogens is 4. The van der Waals surface area contributed by atoms with E-state index >= 15 is 0 Å². The van der Waals surface area contributed by atoms with Gasteiger partial charge in [0.05, 0.1) is 6.54 Å². The van der Waals surface area contributed by atoms with Crippen LogP contribution in [0.5, 0.6) is 11.5 Å². The first-order chi connectivity index (χ1) is 10.3. The second-order valence-corrected chi connectivity index (χ2v) is 5.35.